The van der Waals surface area contributed by atoms with Crippen LogP contribution in [-0.4, -0.2) is 59.9 Å². The molecule has 2 atom stereocenters. The summed E-state index contributed by atoms with van der Waals surface area (Å²) >= 11 is 0. The van der Waals surface area contributed by atoms with Crippen molar-refractivity contribution in [1.82, 2.24) is 9.80 Å². The summed E-state index contributed by atoms with van der Waals surface area (Å²) in [4.78, 5) is 26.7. The molecule has 0 aliphatic carbocycles. The Hall–Kier alpha value is -2.31. The van der Waals surface area contributed by atoms with E-state index in [1.54, 1.807) is 20.8 Å². The lowest BCUT2D eigenvalue weighted by Gasteiger charge is -2.29. The Morgan fingerprint density at radius 3 is 2.48 bits per heavy atom. The van der Waals surface area contributed by atoms with E-state index >= 15 is 0 Å². The monoisotopic (exact) mass is 352 g/mol. The minimum Gasteiger partial charge on any atom is -0.445 e. The number of carbonyl (C=O) groups excluding carboxylic acids is 2. The van der Waals surface area contributed by atoms with E-state index in [4.69, 9.17) is 9.47 Å². The van der Waals surface area contributed by atoms with Gasteiger partial charge in [0.05, 0.1) is 12.6 Å². The van der Waals surface area contributed by atoms with Gasteiger partial charge < -0.3 is 19.3 Å². The number of hydrogen-bond acceptors (Lipinski definition) is 4. The van der Waals surface area contributed by atoms with Crippen LogP contribution in [0.25, 0.3) is 0 Å². The van der Waals surface area contributed by atoms with Crippen LogP contribution in [0.5, 0.6) is 0 Å². The zero-order valence-electron chi connectivity index (χ0n) is 15.1. The SMILES string of the molecule is CN(C(=O)OC(C)(C)C)[C@@H]1CN(C(=O)OCc2ccccc2)C[C@H]1F. The van der Waals surface area contributed by atoms with Crippen LogP contribution in [-0.2, 0) is 16.1 Å². The lowest BCUT2D eigenvalue weighted by atomic mass is 10.2. The molecule has 1 aromatic carbocycles. The van der Waals surface area contributed by atoms with Crippen LogP contribution in [0.2, 0.25) is 0 Å². The third kappa shape index (κ3) is 5.34. The number of amides is 2. The fourth-order valence-corrected chi connectivity index (χ4v) is 2.54. The number of halogens is 1. The van der Waals surface area contributed by atoms with Crippen LogP contribution in [0.4, 0.5) is 14.0 Å². The summed E-state index contributed by atoms with van der Waals surface area (Å²) in [6.07, 6.45) is -2.55. The highest BCUT2D eigenvalue weighted by atomic mass is 19.1. The maximum absolute atomic E-state index is 14.3. The first kappa shape index (κ1) is 19.0. The van der Waals surface area contributed by atoms with Gasteiger partial charge in [-0.1, -0.05) is 30.3 Å². The Morgan fingerprint density at radius 1 is 1.24 bits per heavy atom. The molecule has 2 amide bonds. The second kappa shape index (κ2) is 7.72. The molecule has 1 saturated heterocycles. The minimum absolute atomic E-state index is 0.0739. The molecule has 0 saturated carbocycles. The molecule has 1 aliphatic rings. The lowest BCUT2D eigenvalue weighted by Crippen LogP contribution is -2.45. The predicted molar refractivity (Wildman–Crippen MR) is 90.9 cm³/mol. The number of alkyl halides is 1. The molecule has 6 nitrogen and oxygen atoms in total. The summed E-state index contributed by atoms with van der Waals surface area (Å²) in [5.41, 5.74) is 0.193. The highest BCUT2D eigenvalue weighted by Gasteiger charge is 2.41. The fraction of sp³-hybridized carbons (Fsp3) is 0.556. The highest BCUT2D eigenvalue weighted by Crippen LogP contribution is 2.21. The fourth-order valence-electron chi connectivity index (χ4n) is 2.54. The zero-order valence-corrected chi connectivity index (χ0v) is 15.1. The highest BCUT2D eigenvalue weighted by molar-refractivity contribution is 5.70. The first-order valence-corrected chi connectivity index (χ1v) is 8.23. The van der Waals surface area contributed by atoms with Gasteiger partial charge in [0, 0.05) is 13.6 Å². The van der Waals surface area contributed by atoms with Gasteiger partial charge in [-0.25, -0.2) is 14.0 Å². The minimum atomic E-state index is -1.35. The molecule has 7 heteroatoms. The third-order valence-electron chi connectivity index (χ3n) is 3.86. The number of ether oxygens (including phenoxy) is 2. The molecule has 1 aromatic rings. The van der Waals surface area contributed by atoms with Crippen molar-refractivity contribution in [2.45, 2.75) is 45.2 Å². The molecule has 1 aliphatic heterocycles. The van der Waals surface area contributed by atoms with Crippen molar-refractivity contribution in [3.05, 3.63) is 35.9 Å². The van der Waals surface area contributed by atoms with Gasteiger partial charge in [-0.05, 0) is 26.3 Å². The molecule has 0 unspecified atom stereocenters. The quantitative estimate of drug-likeness (QED) is 0.838. The van der Waals surface area contributed by atoms with Crippen LogP contribution >= 0.6 is 0 Å². The number of rotatable bonds is 3. The Kier molecular flexibility index (Phi) is 5.87. The Bertz CT molecular complexity index is 603. The molecule has 0 bridgehead atoms. The summed E-state index contributed by atoms with van der Waals surface area (Å²) in [5, 5.41) is 0. The number of nitrogens with zero attached hydrogens (tertiary/aromatic N) is 2. The predicted octanol–water partition coefficient (Wildman–Crippen LogP) is 3.21. The average molecular weight is 352 g/mol. The van der Waals surface area contributed by atoms with Crippen molar-refractivity contribution in [1.29, 1.82) is 0 Å². The summed E-state index contributed by atoms with van der Waals surface area (Å²) in [5.74, 6) is 0. The molecule has 0 radical (unpaired) electrons. The van der Waals surface area contributed by atoms with Crippen molar-refractivity contribution in [2.75, 3.05) is 20.1 Å². The smallest absolute Gasteiger partial charge is 0.410 e. The van der Waals surface area contributed by atoms with Gasteiger partial charge >= 0.3 is 12.2 Å². The molecule has 0 N–H and O–H groups in total. The van der Waals surface area contributed by atoms with Crippen molar-refractivity contribution in [3.63, 3.8) is 0 Å². The first-order valence-electron chi connectivity index (χ1n) is 8.23. The molecule has 25 heavy (non-hydrogen) atoms. The summed E-state index contributed by atoms with van der Waals surface area (Å²) in [7, 11) is 1.48. The van der Waals surface area contributed by atoms with Crippen molar-refractivity contribution in [2.24, 2.45) is 0 Å². The standard InChI is InChI=1S/C18H25FN2O4/c1-18(2,3)25-16(22)20(4)15-11-21(10-14(15)19)17(23)24-12-13-8-6-5-7-9-13/h5-9,14-15H,10-12H2,1-4H3/t14-,15-/m1/s1. The topological polar surface area (TPSA) is 59.1 Å². The Labute approximate surface area is 147 Å². The molecule has 0 spiro atoms. The molecular weight excluding hydrogens is 327 g/mol. The molecule has 1 fully saturated rings. The average Bonchev–Trinajstić information content (AvgIpc) is 2.93. The van der Waals surface area contributed by atoms with Gasteiger partial charge in [-0.3, -0.25) is 0 Å². The van der Waals surface area contributed by atoms with Gasteiger partial charge in [0.2, 0.25) is 0 Å². The first-order chi connectivity index (χ1) is 11.7. The lowest BCUT2D eigenvalue weighted by molar-refractivity contribution is 0.0177. The van der Waals surface area contributed by atoms with Crippen molar-refractivity contribution < 1.29 is 23.5 Å². The second-order valence-electron chi connectivity index (χ2n) is 7.12. The number of hydrogen-bond donors (Lipinski definition) is 0. The zero-order chi connectivity index (χ0) is 18.6. The van der Waals surface area contributed by atoms with Gasteiger partial charge in [0.25, 0.3) is 0 Å². The van der Waals surface area contributed by atoms with E-state index in [0.29, 0.717) is 0 Å². The summed E-state index contributed by atoms with van der Waals surface area (Å²) in [6.45, 7) is 5.32. The third-order valence-corrected chi connectivity index (χ3v) is 3.86. The Morgan fingerprint density at radius 2 is 1.88 bits per heavy atom. The van der Waals surface area contributed by atoms with Crippen LogP contribution < -0.4 is 0 Å². The van der Waals surface area contributed by atoms with E-state index in [2.05, 4.69) is 0 Å². The van der Waals surface area contributed by atoms with Crippen LogP contribution in [0.3, 0.4) is 0 Å². The maximum atomic E-state index is 14.3. The van der Waals surface area contributed by atoms with Crippen LogP contribution in [0.15, 0.2) is 30.3 Å². The number of likely N-dealkylation sites (tertiary alicyclic amines) is 1. The molecule has 0 aromatic heterocycles. The second-order valence-corrected chi connectivity index (χ2v) is 7.12. The summed E-state index contributed by atoms with van der Waals surface area (Å²) in [6, 6.07) is 8.50. The van der Waals surface area contributed by atoms with Crippen molar-refractivity contribution in [3.8, 4) is 0 Å². The Balaban J connectivity index is 1.89. The van der Waals surface area contributed by atoms with E-state index in [1.807, 2.05) is 30.3 Å². The largest absolute Gasteiger partial charge is 0.445 e. The number of benzene rings is 1. The molecular formula is C18H25FN2O4. The maximum Gasteiger partial charge on any atom is 0.410 e. The summed E-state index contributed by atoms with van der Waals surface area (Å²) < 4.78 is 24.8. The van der Waals surface area contributed by atoms with Gasteiger partial charge in [-0.2, -0.15) is 0 Å². The van der Waals surface area contributed by atoms with Gasteiger partial charge in [0.1, 0.15) is 18.4 Å². The molecule has 2 rings (SSSR count). The molecule has 1 heterocycles. The van der Waals surface area contributed by atoms with Crippen LogP contribution in [0, 0.1) is 0 Å². The normalized spacial score (nSPS) is 20.3. The van der Waals surface area contributed by atoms with E-state index in [9.17, 15) is 14.0 Å². The van der Waals surface area contributed by atoms with Crippen molar-refractivity contribution >= 4 is 12.2 Å². The van der Waals surface area contributed by atoms with E-state index < -0.39 is 30.0 Å². The van der Waals surface area contributed by atoms with Gasteiger partial charge in [0.15, 0.2) is 0 Å². The van der Waals surface area contributed by atoms with E-state index in [1.165, 1.54) is 16.8 Å². The van der Waals surface area contributed by atoms with E-state index in [-0.39, 0.29) is 19.7 Å². The van der Waals surface area contributed by atoms with Gasteiger partial charge in [-0.15, -0.1) is 0 Å². The number of likely N-dealkylation sites (N-methyl/N-ethyl adjacent to an activating group) is 1. The molecule has 138 valence electrons. The van der Waals surface area contributed by atoms with Crippen LogP contribution in [0.1, 0.15) is 26.3 Å². The number of carbonyl (C=O) groups is 2. The van der Waals surface area contributed by atoms with E-state index in [0.717, 1.165) is 5.56 Å².